The number of nitrogens with zero attached hydrogens (tertiary/aromatic N) is 5. The first-order valence-electron chi connectivity index (χ1n) is 8.15. The molecule has 0 spiro atoms. The summed E-state index contributed by atoms with van der Waals surface area (Å²) in [7, 11) is 1.61. The summed E-state index contributed by atoms with van der Waals surface area (Å²) >= 11 is 2.77. The highest BCUT2D eigenvalue weighted by molar-refractivity contribution is 7.98. The predicted molar refractivity (Wildman–Crippen MR) is 107 cm³/mol. The maximum Gasteiger partial charge on any atom is 0.299 e. The molecule has 0 N–H and O–H groups in total. The summed E-state index contributed by atoms with van der Waals surface area (Å²) in [5.74, 6) is 0.898. The van der Waals surface area contributed by atoms with Gasteiger partial charge in [0.1, 0.15) is 5.75 Å². The molecule has 2 aromatic heterocycles. The van der Waals surface area contributed by atoms with Crippen LogP contribution in [-0.4, -0.2) is 39.4 Å². The van der Waals surface area contributed by atoms with Gasteiger partial charge in [0.2, 0.25) is 11.0 Å². The Kier molecular flexibility index (Phi) is 6.99. The van der Waals surface area contributed by atoms with Crippen LogP contribution < -0.4 is 4.74 Å². The second kappa shape index (κ2) is 9.65. The molecule has 6 nitrogen and oxygen atoms in total. The number of pyridine rings is 1. The van der Waals surface area contributed by atoms with Crippen molar-refractivity contribution >= 4 is 29.7 Å². The molecule has 3 aromatic rings. The second-order valence-electron chi connectivity index (χ2n) is 5.43. The molecule has 10 heteroatoms. The van der Waals surface area contributed by atoms with E-state index < -0.39 is 12.2 Å². The minimum atomic E-state index is -2.76. The van der Waals surface area contributed by atoms with Gasteiger partial charge in [-0.3, -0.25) is 0 Å². The zero-order chi connectivity index (χ0) is 19.9. The topological polar surface area (TPSA) is 65.2 Å². The SMILES string of the molecule is COc1ccc(/C=N\n2c(SC)nnc2C(F)F)cc1CSc1ccccn1. The van der Waals surface area contributed by atoms with E-state index in [2.05, 4.69) is 20.3 Å². The molecule has 0 unspecified atom stereocenters. The molecule has 0 atom stereocenters. The Morgan fingerprint density at radius 3 is 2.79 bits per heavy atom. The molecule has 0 saturated carbocycles. The van der Waals surface area contributed by atoms with Crippen molar-refractivity contribution in [1.29, 1.82) is 0 Å². The van der Waals surface area contributed by atoms with Gasteiger partial charge >= 0.3 is 0 Å². The van der Waals surface area contributed by atoms with Crippen LogP contribution in [0, 0.1) is 0 Å². The fourth-order valence-electron chi connectivity index (χ4n) is 2.35. The molecular weight excluding hydrogens is 404 g/mol. The van der Waals surface area contributed by atoms with Gasteiger partial charge in [-0.15, -0.1) is 22.0 Å². The van der Waals surface area contributed by atoms with Crippen LogP contribution in [0.3, 0.4) is 0 Å². The van der Waals surface area contributed by atoms with Crippen LogP contribution in [0.15, 0.2) is 57.9 Å². The number of hydrogen-bond donors (Lipinski definition) is 0. The Morgan fingerprint density at radius 2 is 2.11 bits per heavy atom. The minimum absolute atomic E-state index is 0.297. The number of ether oxygens (including phenoxy) is 1. The quantitative estimate of drug-likeness (QED) is 0.394. The number of halogens is 2. The van der Waals surface area contributed by atoms with Crippen molar-refractivity contribution in [1.82, 2.24) is 19.9 Å². The largest absolute Gasteiger partial charge is 0.496 e. The number of methoxy groups -OCH3 is 1. The first kappa shape index (κ1) is 20.3. The molecule has 3 rings (SSSR count). The molecule has 2 heterocycles. The number of rotatable bonds is 8. The van der Waals surface area contributed by atoms with E-state index in [1.54, 1.807) is 31.3 Å². The summed E-state index contributed by atoms with van der Waals surface area (Å²) < 4.78 is 32.7. The molecule has 28 heavy (non-hydrogen) atoms. The van der Waals surface area contributed by atoms with E-state index in [-0.39, 0.29) is 0 Å². The Morgan fingerprint density at radius 1 is 1.25 bits per heavy atom. The van der Waals surface area contributed by atoms with Crippen LogP contribution in [0.1, 0.15) is 23.4 Å². The molecule has 0 aliphatic heterocycles. The normalized spacial score (nSPS) is 11.5. The van der Waals surface area contributed by atoms with Gasteiger partial charge in [-0.1, -0.05) is 17.8 Å². The average molecular weight is 421 g/mol. The first-order valence-corrected chi connectivity index (χ1v) is 10.4. The number of aromatic nitrogens is 4. The molecule has 0 saturated heterocycles. The fraction of sp³-hybridized carbons (Fsp3) is 0.222. The Bertz CT molecular complexity index is 950. The number of benzene rings is 1. The number of thioether (sulfide) groups is 2. The zero-order valence-corrected chi connectivity index (χ0v) is 16.8. The number of alkyl halides is 2. The Hall–Kier alpha value is -2.46. The van der Waals surface area contributed by atoms with Gasteiger partial charge in [0.25, 0.3) is 6.43 Å². The standard InChI is InChI=1S/C18H17F2N5OS2/c1-26-14-7-6-12(9-13(14)11-28-15-5-3-4-8-21-15)10-22-25-17(16(19)20)23-24-18(25)27-2/h3-10,16H,11H2,1-2H3/b22-10-. The molecule has 0 amide bonds. The molecule has 0 fully saturated rings. The highest BCUT2D eigenvalue weighted by Gasteiger charge is 2.19. The lowest BCUT2D eigenvalue weighted by Crippen LogP contribution is -2.01. The first-order chi connectivity index (χ1) is 13.6. The van der Waals surface area contributed by atoms with Crippen LogP contribution in [0.25, 0.3) is 0 Å². The molecule has 0 aliphatic rings. The third kappa shape index (κ3) is 4.87. The summed E-state index contributed by atoms with van der Waals surface area (Å²) in [6, 6.07) is 11.3. The molecule has 0 bridgehead atoms. The van der Waals surface area contributed by atoms with E-state index in [4.69, 9.17) is 4.74 Å². The molecule has 1 aromatic carbocycles. The molecule has 0 radical (unpaired) electrons. The highest BCUT2D eigenvalue weighted by Crippen LogP contribution is 2.28. The molecule has 0 aliphatic carbocycles. The second-order valence-corrected chi connectivity index (χ2v) is 7.20. The Balaban J connectivity index is 1.83. The van der Waals surface area contributed by atoms with E-state index in [9.17, 15) is 8.78 Å². The summed E-state index contributed by atoms with van der Waals surface area (Å²) in [4.78, 5) is 4.29. The van der Waals surface area contributed by atoms with Gasteiger partial charge in [0, 0.05) is 17.5 Å². The monoisotopic (exact) mass is 421 g/mol. The van der Waals surface area contributed by atoms with Gasteiger partial charge < -0.3 is 4.74 Å². The van der Waals surface area contributed by atoms with Crippen LogP contribution in [0.2, 0.25) is 0 Å². The van der Waals surface area contributed by atoms with Crippen LogP contribution in [-0.2, 0) is 5.75 Å². The van der Waals surface area contributed by atoms with Crippen molar-refractivity contribution in [2.45, 2.75) is 22.4 Å². The van der Waals surface area contributed by atoms with Gasteiger partial charge in [0.15, 0.2) is 0 Å². The lowest BCUT2D eigenvalue weighted by atomic mass is 10.1. The highest BCUT2D eigenvalue weighted by atomic mass is 32.2. The van der Waals surface area contributed by atoms with Crippen molar-refractivity contribution in [3.05, 3.63) is 59.5 Å². The Labute approximate surface area is 169 Å². The van der Waals surface area contributed by atoms with Crippen molar-refractivity contribution in [2.75, 3.05) is 13.4 Å². The molecule has 146 valence electrons. The van der Waals surface area contributed by atoms with E-state index in [1.165, 1.54) is 18.0 Å². The zero-order valence-electron chi connectivity index (χ0n) is 15.1. The third-order valence-corrected chi connectivity index (χ3v) is 5.27. The van der Waals surface area contributed by atoms with Crippen LogP contribution in [0.5, 0.6) is 5.75 Å². The summed E-state index contributed by atoms with van der Waals surface area (Å²) in [5, 5.41) is 12.6. The van der Waals surface area contributed by atoms with E-state index in [1.807, 2.05) is 36.4 Å². The van der Waals surface area contributed by atoms with Crippen LogP contribution in [0.4, 0.5) is 8.78 Å². The lowest BCUT2D eigenvalue weighted by molar-refractivity contribution is 0.135. The smallest absolute Gasteiger partial charge is 0.299 e. The van der Waals surface area contributed by atoms with Gasteiger partial charge in [-0.25, -0.2) is 13.8 Å². The fourth-order valence-corrected chi connectivity index (χ4v) is 3.62. The van der Waals surface area contributed by atoms with E-state index in [0.717, 1.165) is 26.6 Å². The van der Waals surface area contributed by atoms with Gasteiger partial charge in [-0.05, 0) is 42.2 Å². The van der Waals surface area contributed by atoms with Crippen LogP contribution >= 0.6 is 23.5 Å². The third-order valence-electron chi connectivity index (χ3n) is 3.65. The van der Waals surface area contributed by atoms with Crippen molar-refractivity contribution in [3.63, 3.8) is 0 Å². The van der Waals surface area contributed by atoms with Crippen molar-refractivity contribution in [2.24, 2.45) is 5.10 Å². The predicted octanol–water partition coefficient (Wildman–Crippen LogP) is 4.52. The summed E-state index contributed by atoms with van der Waals surface area (Å²) in [6.45, 7) is 0. The van der Waals surface area contributed by atoms with Crippen molar-refractivity contribution < 1.29 is 13.5 Å². The average Bonchev–Trinajstić information content (AvgIpc) is 3.14. The number of hydrogen-bond acceptors (Lipinski definition) is 7. The van der Waals surface area contributed by atoms with Crippen molar-refractivity contribution in [3.8, 4) is 5.75 Å². The summed E-state index contributed by atoms with van der Waals surface area (Å²) in [6.07, 6.45) is 2.22. The maximum absolute atomic E-state index is 13.1. The van der Waals surface area contributed by atoms with Gasteiger partial charge in [-0.2, -0.15) is 9.78 Å². The minimum Gasteiger partial charge on any atom is -0.496 e. The summed E-state index contributed by atoms with van der Waals surface area (Å²) in [5.41, 5.74) is 1.70. The molecular formula is C18H17F2N5OS2. The lowest BCUT2D eigenvalue weighted by Gasteiger charge is -2.09. The van der Waals surface area contributed by atoms with E-state index in [0.29, 0.717) is 10.9 Å². The van der Waals surface area contributed by atoms with Gasteiger partial charge in [0.05, 0.1) is 18.4 Å². The maximum atomic E-state index is 13.1. The van der Waals surface area contributed by atoms with E-state index >= 15 is 0 Å².